The van der Waals surface area contributed by atoms with Crippen LogP contribution in [-0.4, -0.2) is 43.9 Å². The molecule has 1 aliphatic rings. The van der Waals surface area contributed by atoms with E-state index in [1.165, 1.54) is 12.8 Å². The molecule has 0 aliphatic heterocycles. The van der Waals surface area contributed by atoms with Crippen LogP contribution in [0.25, 0.3) is 0 Å². The fraction of sp³-hybridized carbons (Fsp3) is 0.889. The third-order valence-electron chi connectivity index (χ3n) is 2.18. The molecular weight excluding hydrogens is 184 g/mol. The van der Waals surface area contributed by atoms with Crippen molar-refractivity contribution in [2.75, 3.05) is 33.9 Å². The van der Waals surface area contributed by atoms with Gasteiger partial charge in [-0.3, -0.25) is 0 Å². The molecule has 1 fully saturated rings. The molecule has 1 aliphatic carbocycles. The van der Waals surface area contributed by atoms with Gasteiger partial charge in [0.15, 0.2) is 5.11 Å². The van der Waals surface area contributed by atoms with Crippen LogP contribution in [0, 0.1) is 5.92 Å². The SMILES string of the molecule is CNC(=S)N(C)CCOCC1CC1. The third-order valence-corrected chi connectivity index (χ3v) is 2.70. The van der Waals surface area contributed by atoms with Crippen LogP contribution in [0.3, 0.4) is 0 Å². The summed E-state index contributed by atoms with van der Waals surface area (Å²) in [7, 11) is 3.81. The molecule has 0 amide bonds. The summed E-state index contributed by atoms with van der Waals surface area (Å²) in [5.74, 6) is 0.849. The van der Waals surface area contributed by atoms with E-state index >= 15 is 0 Å². The van der Waals surface area contributed by atoms with Gasteiger partial charge in [0.25, 0.3) is 0 Å². The summed E-state index contributed by atoms with van der Waals surface area (Å²) in [6, 6.07) is 0. The minimum Gasteiger partial charge on any atom is -0.379 e. The van der Waals surface area contributed by atoms with Crippen LogP contribution in [0.5, 0.6) is 0 Å². The lowest BCUT2D eigenvalue weighted by atomic mass is 10.5. The maximum Gasteiger partial charge on any atom is 0.168 e. The van der Waals surface area contributed by atoms with E-state index in [2.05, 4.69) is 5.32 Å². The van der Waals surface area contributed by atoms with Crippen molar-refractivity contribution in [2.24, 2.45) is 5.92 Å². The van der Waals surface area contributed by atoms with Gasteiger partial charge < -0.3 is 15.0 Å². The molecule has 76 valence electrons. The quantitative estimate of drug-likeness (QED) is 0.528. The summed E-state index contributed by atoms with van der Waals surface area (Å²) in [5, 5.41) is 3.70. The Kier molecular flexibility index (Phi) is 4.45. The van der Waals surface area contributed by atoms with Crippen molar-refractivity contribution in [2.45, 2.75) is 12.8 Å². The second-order valence-corrected chi connectivity index (χ2v) is 3.88. The zero-order valence-corrected chi connectivity index (χ0v) is 9.19. The van der Waals surface area contributed by atoms with Gasteiger partial charge in [-0.1, -0.05) is 0 Å². The van der Waals surface area contributed by atoms with Gasteiger partial charge in [0, 0.05) is 27.2 Å². The van der Waals surface area contributed by atoms with Crippen LogP contribution in [0.1, 0.15) is 12.8 Å². The Morgan fingerprint density at radius 2 is 2.31 bits per heavy atom. The minimum absolute atomic E-state index is 0.773. The fourth-order valence-electron chi connectivity index (χ4n) is 1.03. The van der Waals surface area contributed by atoms with Crippen molar-refractivity contribution in [3.05, 3.63) is 0 Å². The normalized spacial score (nSPS) is 15.5. The maximum atomic E-state index is 5.49. The standard InChI is InChI=1S/C9H18N2OS/c1-10-9(13)11(2)5-6-12-7-8-3-4-8/h8H,3-7H2,1-2H3,(H,10,13). The molecule has 4 heteroatoms. The highest BCUT2D eigenvalue weighted by molar-refractivity contribution is 7.80. The molecule has 13 heavy (non-hydrogen) atoms. The van der Waals surface area contributed by atoms with Gasteiger partial charge in [-0.2, -0.15) is 0 Å². The second-order valence-electron chi connectivity index (χ2n) is 3.49. The van der Waals surface area contributed by atoms with Gasteiger partial charge in [0.2, 0.25) is 0 Å². The number of ether oxygens (including phenoxy) is 1. The minimum atomic E-state index is 0.773. The van der Waals surface area contributed by atoms with Crippen molar-refractivity contribution in [3.63, 3.8) is 0 Å². The summed E-state index contributed by atoms with van der Waals surface area (Å²) in [6.07, 6.45) is 2.70. The van der Waals surface area contributed by atoms with Gasteiger partial charge >= 0.3 is 0 Å². The summed E-state index contributed by atoms with van der Waals surface area (Å²) < 4.78 is 5.49. The highest BCUT2D eigenvalue weighted by Crippen LogP contribution is 2.28. The lowest BCUT2D eigenvalue weighted by molar-refractivity contribution is 0.115. The smallest absolute Gasteiger partial charge is 0.168 e. The van der Waals surface area contributed by atoms with Gasteiger partial charge in [-0.05, 0) is 31.0 Å². The van der Waals surface area contributed by atoms with Crippen molar-refractivity contribution in [3.8, 4) is 0 Å². The number of nitrogens with one attached hydrogen (secondary N) is 1. The van der Waals surface area contributed by atoms with Gasteiger partial charge in [0.1, 0.15) is 0 Å². The third kappa shape index (κ3) is 4.43. The first-order valence-corrected chi connectivity index (χ1v) is 5.15. The molecule has 1 saturated carbocycles. The van der Waals surface area contributed by atoms with E-state index in [1.54, 1.807) is 0 Å². The van der Waals surface area contributed by atoms with Crippen LogP contribution in [-0.2, 0) is 4.74 Å². The Morgan fingerprint density at radius 3 is 2.85 bits per heavy atom. The van der Waals surface area contributed by atoms with E-state index in [0.29, 0.717) is 0 Å². The van der Waals surface area contributed by atoms with Gasteiger partial charge in [-0.25, -0.2) is 0 Å². The predicted molar refractivity (Wildman–Crippen MR) is 57.8 cm³/mol. The van der Waals surface area contributed by atoms with E-state index in [0.717, 1.165) is 30.8 Å². The number of likely N-dealkylation sites (N-methyl/N-ethyl adjacent to an activating group) is 1. The molecule has 0 aromatic carbocycles. The number of thiocarbonyl (C=S) groups is 1. The zero-order valence-electron chi connectivity index (χ0n) is 8.38. The Bertz CT molecular complexity index is 171. The molecule has 0 spiro atoms. The van der Waals surface area contributed by atoms with E-state index in [4.69, 9.17) is 17.0 Å². The van der Waals surface area contributed by atoms with Crippen LogP contribution in [0.4, 0.5) is 0 Å². The Balaban J connectivity index is 1.93. The topological polar surface area (TPSA) is 24.5 Å². The summed E-state index contributed by atoms with van der Waals surface area (Å²) in [5.41, 5.74) is 0. The molecule has 0 atom stereocenters. The Morgan fingerprint density at radius 1 is 1.62 bits per heavy atom. The molecule has 0 bridgehead atoms. The lowest BCUT2D eigenvalue weighted by Gasteiger charge is -2.19. The zero-order chi connectivity index (χ0) is 9.68. The van der Waals surface area contributed by atoms with Crippen molar-refractivity contribution >= 4 is 17.3 Å². The molecule has 0 unspecified atom stereocenters. The molecule has 3 nitrogen and oxygen atoms in total. The first-order valence-electron chi connectivity index (χ1n) is 4.74. The first kappa shape index (κ1) is 10.7. The number of hydrogen-bond donors (Lipinski definition) is 1. The fourth-order valence-corrected chi connectivity index (χ4v) is 1.12. The van der Waals surface area contributed by atoms with Crippen molar-refractivity contribution < 1.29 is 4.74 Å². The largest absolute Gasteiger partial charge is 0.379 e. The average Bonchev–Trinajstić information content (AvgIpc) is 2.94. The lowest BCUT2D eigenvalue weighted by Crippen LogP contribution is -2.36. The van der Waals surface area contributed by atoms with Crippen LogP contribution in [0.15, 0.2) is 0 Å². The number of nitrogens with zero attached hydrogens (tertiary/aromatic N) is 1. The van der Waals surface area contributed by atoms with Crippen LogP contribution < -0.4 is 5.32 Å². The monoisotopic (exact) mass is 202 g/mol. The highest BCUT2D eigenvalue weighted by Gasteiger charge is 2.20. The van der Waals surface area contributed by atoms with Gasteiger partial charge in [0.05, 0.1) is 6.61 Å². The van der Waals surface area contributed by atoms with Crippen LogP contribution >= 0.6 is 12.2 Å². The van der Waals surface area contributed by atoms with E-state index in [9.17, 15) is 0 Å². The highest BCUT2D eigenvalue weighted by atomic mass is 32.1. The molecule has 1 rings (SSSR count). The van der Waals surface area contributed by atoms with E-state index in [1.807, 2.05) is 19.0 Å². The number of rotatable bonds is 5. The number of hydrogen-bond acceptors (Lipinski definition) is 2. The van der Waals surface area contributed by atoms with Crippen molar-refractivity contribution in [1.29, 1.82) is 0 Å². The second kappa shape index (κ2) is 5.40. The molecule has 0 aromatic heterocycles. The van der Waals surface area contributed by atoms with Crippen molar-refractivity contribution in [1.82, 2.24) is 10.2 Å². The molecule has 0 radical (unpaired) electrons. The Hall–Kier alpha value is -0.350. The summed E-state index contributed by atoms with van der Waals surface area (Å²) >= 11 is 5.05. The maximum absolute atomic E-state index is 5.49. The molecule has 0 heterocycles. The van der Waals surface area contributed by atoms with Gasteiger partial charge in [-0.15, -0.1) is 0 Å². The summed E-state index contributed by atoms with van der Waals surface area (Å²) in [4.78, 5) is 1.99. The average molecular weight is 202 g/mol. The molecular formula is C9H18N2OS. The molecule has 1 N–H and O–H groups in total. The van der Waals surface area contributed by atoms with Crippen LogP contribution in [0.2, 0.25) is 0 Å². The molecule has 0 saturated heterocycles. The summed E-state index contributed by atoms with van der Waals surface area (Å²) in [6.45, 7) is 2.57. The van der Waals surface area contributed by atoms with E-state index < -0.39 is 0 Å². The first-order chi connectivity index (χ1) is 6.24. The Labute approximate surface area is 85.4 Å². The van der Waals surface area contributed by atoms with E-state index in [-0.39, 0.29) is 0 Å². The predicted octanol–water partition coefficient (Wildman–Crippen LogP) is 0.849. The molecule has 0 aromatic rings.